The van der Waals surface area contributed by atoms with Crippen molar-refractivity contribution in [3.63, 3.8) is 0 Å². The molecule has 0 amide bonds. The van der Waals surface area contributed by atoms with E-state index < -0.39 is 0 Å². The third kappa shape index (κ3) is 1.79. The number of nitrogens with zero attached hydrogens (tertiary/aromatic N) is 4. The third-order valence-electron chi connectivity index (χ3n) is 3.36. The Morgan fingerprint density at radius 1 is 1.39 bits per heavy atom. The van der Waals surface area contributed by atoms with Crippen molar-refractivity contribution >= 4 is 5.82 Å². The molecule has 2 aromatic rings. The monoisotopic (exact) mass is 247 g/mol. The van der Waals surface area contributed by atoms with Gasteiger partial charge in [-0.25, -0.2) is 4.98 Å². The maximum absolute atomic E-state index is 6.23. The van der Waals surface area contributed by atoms with Crippen LogP contribution in [-0.2, 0) is 13.6 Å². The molecule has 0 radical (unpaired) electrons. The van der Waals surface area contributed by atoms with Crippen molar-refractivity contribution in [3.8, 4) is 11.3 Å². The summed E-state index contributed by atoms with van der Waals surface area (Å²) >= 11 is 0. The summed E-state index contributed by atoms with van der Waals surface area (Å²) < 4.78 is 3.92. The zero-order chi connectivity index (χ0) is 13.4. The number of nitrogens with two attached hydrogens (primary N) is 1. The predicted molar refractivity (Wildman–Crippen MR) is 73.3 cm³/mol. The molecule has 0 aromatic carbocycles. The normalized spacial score (nSPS) is 11.4. The first kappa shape index (κ1) is 12.7. The lowest BCUT2D eigenvalue weighted by Gasteiger charge is -2.08. The van der Waals surface area contributed by atoms with E-state index >= 15 is 0 Å². The van der Waals surface area contributed by atoms with E-state index in [1.807, 2.05) is 24.9 Å². The predicted octanol–water partition coefficient (Wildman–Crippen LogP) is 2.32. The molecule has 0 aliphatic rings. The van der Waals surface area contributed by atoms with Crippen LogP contribution in [0.15, 0.2) is 6.20 Å². The Kier molecular flexibility index (Phi) is 3.15. The minimum absolute atomic E-state index is 0.359. The first-order valence-electron chi connectivity index (χ1n) is 6.32. The number of imidazole rings is 1. The van der Waals surface area contributed by atoms with Crippen LogP contribution in [0.2, 0.25) is 0 Å². The molecule has 2 aromatic heterocycles. The number of anilines is 1. The van der Waals surface area contributed by atoms with E-state index in [0.29, 0.717) is 5.92 Å². The maximum atomic E-state index is 6.23. The Labute approximate surface area is 108 Å². The van der Waals surface area contributed by atoms with Crippen LogP contribution in [0.25, 0.3) is 11.3 Å². The van der Waals surface area contributed by atoms with Crippen LogP contribution in [0.5, 0.6) is 0 Å². The smallest absolute Gasteiger partial charge is 0.131 e. The highest BCUT2D eigenvalue weighted by Gasteiger charge is 2.19. The third-order valence-corrected chi connectivity index (χ3v) is 3.36. The van der Waals surface area contributed by atoms with Gasteiger partial charge in [-0.05, 0) is 13.8 Å². The van der Waals surface area contributed by atoms with Crippen molar-refractivity contribution in [2.75, 3.05) is 5.73 Å². The van der Waals surface area contributed by atoms with Crippen LogP contribution in [0, 0.1) is 6.92 Å². The van der Waals surface area contributed by atoms with Gasteiger partial charge in [0.1, 0.15) is 17.3 Å². The maximum Gasteiger partial charge on any atom is 0.131 e. The van der Waals surface area contributed by atoms with E-state index in [-0.39, 0.29) is 0 Å². The second-order valence-electron chi connectivity index (χ2n) is 4.87. The number of aryl methyl sites for hydroxylation is 1. The van der Waals surface area contributed by atoms with Crippen LogP contribution >= 0.6 is 0 Å². The standard InChI is InChI=1S/C13H21N5/c1-6-18-12(14)11(16-13(18)8(2)3)10-7-15-17(5)9(10)4/h7-8H,6,14H2,1-5H3. The van der Waals surface area contributed by atoms with E-state index in [1.54, 1.807) is 0 Å². The summed E-state index contributed by atoms with van der Waals surface area (Å²) in [6.45, 7) is 9.22. The van der Waals surface area contributed by atoms with Crippen LogP contribution in [0.3, 0.4) is 0 Å². The average Bonchev–Trinajstić information content (AvgIpc) is 2.81. The van der Waals surface area contributed by atoms with Crippen LogP contribution < -0.4 is 5.73 Å². The summed E-state index contributed by atoms with van der Waals surface area (Å²) in [5, 5.41) is 4.26. The summed E-state index contributed by atoms with van der Waals surface area (Å²) in [5.41, 5.74) is 9.18. The summed E-state index contributed by atoms with van der Waals surface area (Å²) in [6.07, 6.45) is 1.83. The van der Waals surface area contributed by atoms with Crippen LogP contribution in [-0.4, -0.2) is 19.3 Å². The van der Waals surface area contributed by atoms with Crippen molar-refractivity contribution < 1.29 is 0 Å². The van der Waals surface area contributed by atoms with Gasteiger partial charge < -0.3 is 10.3 Å². The Morgan fingerprint density at radius 2 is 2.06 bits per heavy atom. The lowest BCUT2D eigenvalue weighted by Crippen LogP contribution is -2.06. The fourth-order valence-electron chi connectivity index (χ4n) is 2.19. The second kappa shape index (κ2) is 4.48. The summed E-state index contributed by atoms with van der Waals surface area (Å²) in [4.78, 5) is 4.71. The first-order valence-corrected chi connectivity index (χ1v) is 6.32. The molecule has 2 rings (SSSR count). The van der Waals surface area contributed by atoms with Gasteiger partial charge in [0.25, 0.3) is 0 Å². The number of rotatable bonds is 3. The molecular formula is C13H21N5. The number of nitrogen functional groups attached to an aromatic ring is 1. The lowest BCUT2D eigenvalue weighted by atomic mass is 10.2. The molecule has 0 saturated heterocycles. The first-order chi connectivity index (χ1) is 8.47. The van der Waals surface area contributed by atoms with Gasteiger partial charge in [-0.15, -0.1) is 0 Å². The highest BCUT2D eigenvalue weighted by atomic mass is 15.3. The molecule has 0 atom stereocenters. The molecule has 0 unspecified atom stereocenters. The SMILES string of the molecule is CCn1c(C(C)C)nc(-c2cnn(C)c2C)c1N. The largest absolute Gasteiger partial charge is 0.383 e. The van der Waals surface area contributed by atoms with E-state index in [4.69, 9.17) is 10.7 Å². The summed E-state index contributed by atoms with van der Waals surface area (Å²) in [7, 11) is 1.93. The van der Waals surface area contributed by atoms with Gasteiger partial charge in [-0.2, -0.15) is 5.10 Å². The van der Waals surface area contributed by atoms with E-state index in [2.05, 4.69) is 30.4 Å². The lowest BCUT2D eigenvalue weighted by molar-refractivity contribution is 0.658. The molecule has 5 heteroatoms. The van der Waals surface area contributed by atoms with E-state index in [9.17, 15) is 0 Å². The van der Waals surface area contributed by atoms with E-state index in [1.165, 1.54) is 0 Å². The highest BCUT2D eigenvalue weighted by molar-refractivity contribution is 5.72. The van der Waals surface area contributed by atoms with Gasteiger partial charge in [-0.1, -0.05) is 13.8 Å². The fraction of sp³-hybridized carbons (Fsp3) is 0.538. The van der Waals surface area contributed by atoms with Crippen molar-refractivity contribution in [1.82, 2.24) is 19.3 Å². The molecule has 5 nitrogen and oxygen atoms in total. The van der Waals surface area contributed by atoms with Gasteiger partial charge in [0.2, 0.25) is 0 Å². The van der Waals surface area contributed by atoms with Gasteiger partial charge >= 0.3 is 0 Å². The van der Waals surface area contributed by atoms with E-state index in [0.717, 1.165) is 35.1 Å². The Balaban J connectivity index is 2.62. The molecule has 98 valence electrons. The summed E-state index contributed by atoms with van der Waals surface area (Å²) in [6, 6.07) is 0. The van der Waals surface area contributed by atoms with Crippen molar-refractivity contribution in [2.45, 2.75) is 40.2 Å². The molecule has 0 bridgehead atoms. The topological polar surface area (TPSA) is 61.7 Å². The number of hydrogen-bond donors (Lipinski definition) is 1. The van der Waals surface area contributed by atoms with Crippen LogP contribution in [0.1, 0.15) is 38.2 Å². The number of aromatic nitrogens is 4. The van der Waals surface area contributed by atoms with Crippen molar-refractivity contribution in [3.05, 3.63) is 17.7 Å². The minimum Gasteiger partial charge on any atom is -0.383 e. The zero-order valence-electron chi connectivity index (χ0n) is 11.7. The Bertz CT molecular complexity index is 562. The van der Waals surface area contributed by atoms with Crippen molar-refractivity contribution in [2.24, 2.45) is 7.05 Å². The van der Waals surface area contributed by atoms with Crippen LogP contribution in [0.4, 0.5) is 5.82 Å². The molecule has 2 heterocycles. The number of hydrogen-bond acceptors (Lipinski definition) is 3. The molecule has 18 heavy (non-hydrogen) atoms. The molecule has 0 aliphatic heterocycles. The van der Waals surface area contributed by atoms with Gasteiger partial charge in [0.15, 0.2) is 0 Å². The highest BCUT2D eigenvalue weighted by Crippen LogP contribution is 2.30. The van der Waals surface area contributed by atoms with Gasteiger partial charge in [-0.3, -0.25) is 4.68 Å². The molecular weight excluding hydrogens is 226 g/mol. The van der Waals surface area contributed by atoms with Gasteiger partial charge in [0.05, 0.1) is 6.20 Å². The quantitative estimate of drug-likeness (QED) is 0.905. The molecule has 0 aliphatic carbocycles. The Hall–Kier alpha value is -1.78. The minimum atomic E-state index is 0.359. The fourth-order valence-corrected chi connectivity index (χ4v) is 2.19. The second-order valence-corrected chi connectivity index (χ2v) is 4.87. The average molecular weight is 247 g/mol. The van der Waals surface area contributed by atoms with Crippen molar-refractivity contribution in [1.29, 1.82) is 0 Å². The molecule has 2 N–H and O–H groups in total. The molecule has 0 saturated carbocycles. The molecule has 0 spiro atoms. The van der Waals surface area contributed by atoms with Gasteiger partial charge in [0, 0.05) is 30.8 Å². The molecule has 0 fully saturated rings. The zero-order valence-corrected chi connectivity index (χ0v) is 11.7. The Morgan fingerprint density at radius 3 is 2.44 bits per heavy atom. The summed E-state index contributed by atoms with van der Waals surface area (Å²) in [5.74, 6) is 2.13.